The molecule has 0 radical (unpaired) electrons. The van der Waals surface area contributed by atoms with Gasteiger partial charge in [-0.15, -0.1) is 0 Å². The van der Waals surface area contributed by atoms with Crippen molar-refractivity contribution in [1.29, 1.82) is 0 Å². The van der Waals surface area contributed by atoms with Crippen LogP contribution in [0.4, 0.5) is 4.39 Å². The number of benzene rings is 1. The molecule has 0 saturated heterocycles. The minimum absolute atomic E-state index is 0.0512. The Bertz CT molecular complexity index is 654. The van der Waals surface area contributed by atoms with Gasteiger partial charge in [0.25, 0.3) is 0 Å². The summed E-state index contributed by atoms with van der Waals surface area (Å²) in [6, 6.07) is 3.30. The maximum atomic E-state index is 13.6. The lowest BCUT2D eigenvalue weighted by molar-refractivity contribution is 0.172. The number of nitrogens with one attached hydrogen (secondary N) is 1. The predicted molar refractivity (Wildman–Crippen MR) is 72.3 cm³/mol. The number of fused-ring (bicyclic) bond motifs is 1. The Morgan fingerprint density at radius 3 is 2.76 bits per heavy atom. The third-order valence-corrected chi connectivity index (χ3v) is 4.59. The van der Waals surface area contributed by atoms with Gasteiger partial charge in [0, 0.05) is 11.6 Å². The summed E-state index contributed by atoms with van der Waals surface area (Å²) in [4.78, 5) is 3.15. The van der Waals surface area contributed by atoms with E-state index in [1.165, 1.54) is 6.42 Å². The van der Waals surface area contributed by atoms with Crippen molar-refractivity contribution in [2.24, 2.45) is 0 Å². The fourth-order valence-corrected chi connectivity index (χ4v) is 3.32. The van der Waals surface area contributed by atoms with Crippen molar-refractivity contribution >= 4 is 39.2 Å². The number of nitrogens with zero attached hydrogens (tertiary/aromatic N) is 1. The van der Waals surface area contributed by atoms with E-state index in [0.29, 0.717) is 9.24 Å². The SMILES string of the molecule is CC1(n2c(=S)[nH]c3cc(Br)c(F)cc32)CCC1. The molecular weight excluding hydrogens is 303 g/mol. The zero-order valence-corrected chi connectivity index (χ0v) is 11.8. The van der Waals surface area contributed by atoms with Crippen LogP contribution in [0.15, 0.2) is 16.6 Å². The first-order valence-corrected chi connectivity index (χ1v) is 6.82. The lowest BCUT2D eigenvalue weighted by atomic mass is 9.78. The number of halogens is 2. The van der Waals surface area contributed by atoms with Crippen LogP contribution in [-0.2, 0) is 5.54 Å². The van der Waals surface area contributed by atoms with Gasteiger partial charge in [-0.25, -0.2) is 4.39 Å². The van der Waals surface area contributed by atoms with Crippen molar-refractivity contribution in [3.8, 4) is 0 Å². The third kappa shape index (κ3) is 1.59. The highest BCUT2D eigenvalue weighted by molar-refractivity contribution is 9.10. The molecule has 0 atom stereocenters. The van der Waals surface area contributed by atoms with Crippen LogP contribution in [0, 0.1) is 10.6 Å². The molecule has 1 saturated carbocycles. The molecule has 17 heavy (non-hydrogen) atoms. The summed E-state index contributed by atoms with van der Waals surface area (Å²) in [5.74, 6) is -0.247. The second kappa shape index (κ2) is 3.65. The Hall–Kier alpha value is -0.680. The summed E-state index contributed by atoms with van der Waals surface area (Å²) in [5.41, 5.74) is 1.80. The van der Waals surface area contributed by atoms with Crippen LogP contribution in [0.3, 0.4) is 0 Å². The topological polar surface area (TPSA) is 20.7 Å². The van der Waals surface area contributed by atoms with E-state index in [4.69, 9.17) is 12.2 Å². The average molecular weight is 315 g/mol. The Labute approximate surface area is 112 Å². The number of hydrogen-bond donors (Lipinski definition) is 1. The summed E-state index contributed by atoms with van der Waals surface area (Å²) in [6.45, 7) is 2.18. The zero-order valence-electron chi connectivity index (χ0n) is 9.39. The second-order valence-corrected chi connectivity index (χ2v) is 6.14. The quantitative estimate of drug-likeness (QED) is 0.769. The van der Waals surface area contributed by atoms with Crippen LogP contribution in [0.1, 0.15) is 26.2 Å². The number of hydrogen-bond acceptors (Lipinski definition) is 1. The number of aromatic nitrogens is 2. The minimum atomic E-state index is -0.247. The molecule has 3 rings (SSSR count). The molecule has 5 heteroatoms. The molecule has 1 aliphatic rings. The van der Waals surface area contributed by atoms with Gasteiger partial charge in [-0.2, -0.15) is 0 Å². The molecular formula is C12H12BrFN2S. The van der Waals surface area contributed by atoms with Gasteiger partial charge in [-0.05, 0) is 60.4 Å². The maximum Gasteiger partial charge on any atom is 0.178 e. The molecule has 1 N–H and O–H groups in total. The Kier molecular flexibility index (Phi) is 2.45. The summed E-state index contributed by atoms with van der Waals surface area (Å²) in [6.07, 6.45) is 3.42. The van der Waals surface area contributed by atoms with Crippen LogP contribution in [0.5, 0.6) is 0 Å². The molecule has 0 spiro atoms. The van der Waals surface area contributed by atoms with E-state index in [1.54, 1.807) is 12.1 Å². The van der Waals surface area contributed by atoms with Crippen molar-refractivity contribution in [3.05, 3.63) is 27.2 Å². The van der Waals surface area contributed by atoms with Crippen molar-refractivity contribution < 1.29 is 4.39 Å². The van der Waals surface area contributed by atoms with Crippen molar-refractivity contribution in [1.82, 2.24) is 9.55 Å². The predicted octanol–water partition coefficient (Wildman–Crippen LogP) is 4.50. The number of H-pyrrole nitrogens is 1. The summed E-state index contributed by atoms with van der Waals surface area (Å²) < 4.78 is 16.9. The van der Waals surface area contributed by atoms with E-state index in [0.717, 1.165) is 23.9 Å². The monoisotopic (exact) mass is 314 g/mol. The molecule has 2 aromatic rings. The summed E-state index contributed by atoms with van der Waals surface area (Å²) in [7, 11) is 0. The van der Waals surface area contributed by atoms with Crippen LogP contribution in [-0.4, -0.2) is 9.55 Å². The smallest absolute Gasteiger partial charge is 0.178 e. The largest absolute Gasteiger partial charge is 0.331 e. The summed E-state index contributed by atoms with van der Waals surface area (Å²) >= 11 is 8.55. The van der Waals surface area contributed by atoms with Crippen LogP contribution in [0.2, 0.25) is 0 Å². The van der Waals surface area contributed by atoms with Crippen molar-refractivity contribution in [3.63, 3.8) is 0 Å². The zero-order chi connectivity index (χ0) is 12.2. The van der Waals surface area contributed by atoms with Gasteiger partial charge in [0.15, 0.2) is 4.77 Å². The normalized spacial score (nSPS) is 18.3. The Balaban J connectivity index is 2.34. The molecule has 0 unspecified atom stereocenters. The molecule has 2 nitrogen and oxygen atoms in total. The number of rotatable bonds is 1. The van der Waals surface area contributed by atoms with Gasteiger partial charge in [0.05, 0.1) is 15.5 Å². The van der Waals surface area contributed by atoms with E-state index in [-0.39, 0.29) is 11.4 Å². The van der Waals surface area contributed by atoms with E-state index in [2.05, 4.69) is 32.4 Å². The lowest BCUT2D eigenvalue weighted by Gasteiger charge is -2.40. The molecule has 1 heterocycles. The van der Waals surface area contributed by atoms with Crippen molar-refractivity contribution in [2.45, 2.75) is 31.7 Å². The van der Waals surface area contributed by atoms with Crippen molar-refractivity contribution in [2.75, 3.05) is 0 Å². The summed E-state index contributed by atoms with van der Waals surface area (Å²) in [5, 5.41) is 0. The standard InChI is InChI=1S/C12H12BrFN2S/c1-12(3-2-4-12)16-10-6-8(14)7(13)5-9(10)15-11(16)17/h5-6H,2-4H2,1H3,(H,15,17). The molecule has 0 amide bonds. The minimum Gasteiger partial charge on any atom is -0.331 e. The van der Waals surface area contributed by atoms with E-state index in [9.17, 15) is 4.39 Å². The van der Waals surface area contributed by atoms with E-state index >= 15 is 0 Å². The maximum absolute atomic E-state index is 13.6. The van der Waals surface area contributed by atoms with Gasteiger partial charge in [-0.1, -0.05) is 0 Å². The first-order chi connectivity index (χ1) is 8.01. The van der Waals surface area contributed by atoms with E-state index < -0.39 is 0 Å². The molecule has 1 fully saturated rings. The number of imidazole rings is 1. The number of aromatic amines is 1. The molecule has 90 valence electrons. The fraction of sp³-hybridized carbons (Fsp3) is 0.417. The van der Waals surface area contributed by atoms with Crippen LogP contribution >= 0.6 is 28.1 Å². The van der Waals surface area contributed by atoms with Gasteiger partial charge < -0.3 is 9.55 Å². The highest BCUT2D eigenvalue weighted by Crippen LogP contribution is 2.41. The van der Waals surface area contributed by atoms with Gasteiger partial charge in [0.2, 0.25) is 0 Å². The Morgan fingerprint density at radius 2 is 2.18 bits per heavy atom. The molecule has 0 bridgehead atoms. The fourth-order valence-electron chi connectivity index (χ4n) is 2.55. The highest BCUT2D eigenvalue weighted by atomic mass is 79.9. The lowest BCUT2D eigenvalue weighted by Crippen LogP contribution is -2.37. The third-order valence-electron chi connectivity index (χ3n) is 3.69. The Morgan fingerprint density at radius 1 is 1.47 bits per heavy atom. The molecule has 1 aromatic carbocycles. The van der Waals surface area contributed by atoms with Crippen LogP contribution in [0.25, 0.3) is 11.0 Å². The average Bonchev–Trinajstić information content (AvgIpc) is 2.52. The van der Waals surface area contributed by atoms with Crippen LogP contribution < -0.4 is 0 Å². The van der Waals surface area contributed by atoms with Gasteiger partial charge >= 0.3 is 0 Å². The van der Waals surface area contributed by atoms with E-state index in [1.807, 2.05) is 0 Å². The first kappa shape index (κ1) is 11.4. The van der Waals surface area contributed by atoms with Gasteiger partial charge in [0.1, 0.15) is 5.82 Å². The highest BCUT2D eigenvalue weighted by Gasteiger charge is 2.35. The first-order valence-electron chi connectivity index (χ1n) is 5.61. The van der Waals surface area contributed by atoms with Gasteiger partial charge in [-0.3, -0.25) is 0 Å². The second-order valence-electron chi connectivity index (χ2n) is 4.90. The molecule has 0 aliphatic heterocycles. The molecule has 1 aromatic heterocycles. The molecule has 1 aliphatic carbocycles.